The lowest BCUT2D eigenvalue weighted by Crippen LogP contribution is -2.08. The van der Waals surface area contributed by atoms with E-state index < -0.39 is 22.4 Å². The number of nitro benzene ring substituents is 1. The van der Waals surface area contributed by atoms with Gasteiger partial charge in [-0.3, -0.25) is 10.1 Å². The van der Waals surface area contributed by atoms with Gasteiger partial charge < -0.3 is 9.47 Å². The molecule has 6 nitrogen and oxygen atoms in total. The third kappa shape index (κ3) is 5.15. The highest BCUT2D eigenvalue weighted by atomic mass is 19.1. The molecule has 108 valence electrons. The topological polar surface area (TPSA) is 78.7 Å². The van der Waals surface area contributed by atoms with Crippen molar-refractivity contribution in [3.63, 3.8) is 0 Å². The zero-order chi connectivity index (χ0) is 15.0. The molecule has 0 amide bonds. The Morgan fingerprint density at radius 3 is 2.85 bits per heavy atom. The van der Waals surface area contributed by atoms with Crippen molar-refractivity contribution in [2.24, 2.45) is 0 Å². The number of benzene rings is 1. The molecule has 1 aromatic carbocycles. The smallest absolute Gasteiger partial charge is 0.330 e. The van der Waals surface area contributed by atoms with E-state index in [4.69, 9.17) is 9.47 Å². The molecule has 0 saturated carbocycles. The summed E-state index contributed by atoms with van der Waals surface area (Å²) in [5, 5.41) is 10.7. The van der Waals surface area contributed by atoms with Gasteiger partial charge in [0.05, 0.1) is 23.2 Å². The van der Waals surface area contributed by atoms with Gasteiger partial charge in [-0.05, 0) is 25.1 Å². The Labute approximate surface area is 115 Å². The molecule has 0 atom stereocenters. The van der Waals surface area contributed by atoms with Gasteiger partial charge in [0.25, 0.3) is 5.69 Å². The summed E-state index contributed by atoms with van der Waals surface area (Å²) in [6.45, 7) is 2.72. The molecular weight excluding hydrogens is 269 g/mol. The largest absolute Gasteiger partial charge is 0.460 e. The van der Waals surface area contributed by atoms with Crippen LogP contribution in [-0.2, 0) is 14.3 Å². The van der Waals surface area contributed by atoms with E-state index in [0.29, 0.717) is 6.61 Å². The van der Waals surface area contributed by atoms with Gasteiger partial charge in [-0.2, -0.15) is 0 Å². The Morgan fingerprint density at radius 1 is 1.45 bits per heavy atom. The Kier molecular flexibility index (Phi) is 6.31. The number of carbonyl (C=O) groups excluding carboxylic acids is 1. The molecule has 0 fully saturated rings. The first-order valence-electron chi connectivity index (χ1n) is 5.91. The number of halogens is 1. The molecule has 0 heterocycles. The highest BCUT2D eigenvalue weighted by Gasteiger charge is 2.12. The number of esters is 1. The lowest BCUT2D eigenvalue weighted by Gasteiger charge is -2.01. The SMILES string of the molecule is CCOCCOC(=O)C=Cc1ccc(F)cc1[N+](=O)[O-]. The minimum absolute atomic E-state index is 0.0997. The average molecular weight is 283 g/mol. The molecule has 1 aromatic rings. The van der Waals surface area contributed by atoms with Crippen molar-refractivity contribution in [2.75, 3.05) is 19.8 Å². The van der Waals surface area contributed by atoms with Crippen molar-refractivity contribution < 1.29 is 23.6 Å². The second-order valence-corrected chi connectivity index (χ2v) is 3.66. The van der Waals surface area contributed by atoms with E-state index in [9.17, 15) is 19.3 Å². The van der Waals surface area contributed by atoms with Crippen LogP contribution < -0.4 is 0 Å². The number of nitro groups is 1. The molecule has 0 unspecified atom stereocenters. The van der Waals surface area contributed by atoms with Crippen LogP contribution in [0.4, 0.5) is 10.1 Å². The highest BCUT2D eigenvalue weighted by Crippen LogP contribution is 2.20. The summed E-state index contributed by atoms with van der Waals surface area (Å²) in [5.41, 5.74) is -0.290. The molecule has 0 aliphatic carbocycles. The van der Waals surface area contributed by atoms with Gasteiger partial charge in [0, 0.05) is 12.7 Å². The first kappa shape index (κ1) is 15.8. The summed E-state index contributed by atoms with van der Waals surface area (Å²) in [6.07, 6.45) is 2.26. The molecule has 0 aliphatic heterocycles. The fraction of sp³-hybridized carbons (Fsp3) is 0.308. The number of rotatable bonds is 7. The Hall–Kier alpha value is -2.28. The van der Waals surface area contributed by atoms with Crippen molar-refractivity contribution >= 4 is 17.7 Å². The fourth-order valence-electron chi connectivity index (χ4n) is 1.37. The molecule has 7 heteroatoms. The number of carbonyl (C=O) groups is 1. The molecule has 0 spiro atoms. The van der Waals surface area contributed by atoms with Crippen LogP contribution in [0, 0.1) is 15.9 Å². The van der Waals surface area contributed by atoms with E-state index in [1.807, 2.05) is 6.92 Å². The quantitative estimate of drug-likeness (QED) is 0.252. The summed E-state index contributed by atoms with van der Waals surface area (Å²) in [4.78, 5) is 21.3. The number of hydrogen-bond acceptors (Lipinski definition) is 5. The number of hydrogen-bond donors (Lipinski definition) is 0. The lowest BCUT2D eigenvalue weighted by atomic mass is 10.1. The van der Waals surface area contributed by atoms with Gasteiger partial charge in [0.2, 0.25) is 0 Å². The van der Waals surface area contributed by atoms with Crippen molar-refractivity contribution in [1.29, 1.82) is 0 Å². The minimum Gasteiger partial charge on any atom is -0.460 e. The van der Waals surface area contributed by atoms with Crippen molar-refractivity contribution in [3.8, 4) is 0 Å². The van der Waals surface area contributed by atoms with E-state index in [1.165, 1.54) is 12.1 Å². The molecule has 0 radical (unpaired) electrons. The predicted octanol–water partition coefficient (Wildman–Crippen LogP) is 2.33. The van der Waals surface area contributed by atoms with Crippen LogP contribution in [0.1, 0.15) is 12.5 Å². The van der Waals surface area contributed by atoms with Crippen LogP contribution in [0.15, 0.2) is 24.3 Å². The van der Waals surface area contributed by atoms with Gasteiger partial charge in [0.15, 0.2) is 0 Å². The average Bonchev–Trinajstić information content (AvgIpc) is 2.42. The standard InChI is InChI=1S/C13H14FNO5/c1-2-19-7-8-20-13(16)6-4-10-3-5-11(14)9-12(10)15(17)18/h3-6,9H,2,7-8H2,1H3. The Balaban J connectivity index is 2.65. The first-order chi connectivity index (χ1) is 9.54. The highest BCUT2D eigenvalue weighted by molar-refractivity contribution is 5.87. The van der Waals surface area contributed by atoms with Crippen LogP contribution in [0.5, 0.6) is 0 Å². The van der Waals surface area contributed by atoms with Gasteiger partial charge in [-0.1, -0.05) is 0 Å². The van der Waals surface area contributed by atoms with E-state index in [-0.39, 0.29) is 18.8 Å². The summed E-state index contributed by atoms with van der Waals surface area (Å²) < 4.78 is 22.7. The van der Waals surface area contributed by atoms with Crippen molar-refractivity contribution in [3.05, 3.63) is 45.8 Å². The maximum atomic E-state index is 12.9. The third-order valence-electron chi connectivity index (χ3n) is 2.26. The predicted molar refractivity (Wildman–Crippen MR) is 69.5 cm³/mol. The van der Waals surface area contributed by atoms with Gasteiger partial charge >= 0.3 is 5.97 Å². The Morgan fingerprint density at radius 2 is 2.20 bits per heavy atom. The molecule has 0 bridgehead atoms. The molecule has 0 saturated heterocycles. The van der Waals surface area contributed by atoms with E-state index in [1.54, 1.807) is 0 Å². The van der Waals surface area contributed by atoms with E-state index in [2.05, 4.69) is 0 Å². The molecular formula is C13H14FNO5. The van der Waals surface area contributed by atoms with E-state index in [0.717, 1.165) is 18.2 Å². The van der Waals surface area contributed by atoms with Crippen LogP contribution in [-0.4, -0.2) is 30.7 Å². The summed E-state index contributed by atoms with van der Waals surface area (Å²) >= 11 is 0. The van der Waals surface area contributed by atoms with Crippen LogP contribution in [0.2, 0.25) is 0 Å². The molecule has 20 heavy (non-hydrogen) atoms. The normalized spacial score (nSPS) is 10.7. The molecule has 0 aliphatic rings. The second-order valence-electron chi connectivity index (χ2n) is 3.66. The van der Waals surface area contributed by atoms with Crippen LogP contribution in [0.25, 0.3) is 6.08 Å². The lowest BCUT2D eigenvalue weighted by molar-refractivity contribution is -0.385. The second kappa shape index (κ2) is 8.00. The monoisotopic (exact) mass is 283 g/mol. The molecule has 0 aromatic heterocycles. The van der Waals surface area contributed by atoms with Crippen LogP contribution >= 0.6 is 0 Å². The van der Waals surface area contributed by atoms with Gasteiger partial charge in [0.1, 0.15) is 12.4 Å². The zero-order valence-corrected chi connectivity index (χ0v) is 10.9. The van der Waals surface area contributed by atoms with Gasteiger partial charge in [-0.15, -0.1) is 0 Å². The summed E-state index contributed by atoms with van der Waals surface area (Å²) in [7, 11) is 0. The fourth-order valence-corrected chi connectivity index (χ4v) is 1.37. The van der Waals surface area contributed by atoms with Gasteiger partial charge in [-0.25, -0.2) is 9.18 Å². The van der Waals surface area contributed by atoms with Crippen molar-refractivity contribution in [2.45, 2.75) is 6.92 Å². The summed E-state index contributed by atoms with van der Waals surface area (Å²) in [5.74, 6) is -1.36. The molecule has 0 N–H and O–H groups in total. The minimum atomic E-state index is -0.719. The number of ether oxygens (including phenoxy) is 2. The van der Waals surface area contributed by atoms with Crippen LogP contribution in [0.3, 0.4) is 0 Å². The Bertz CT molecular complexity index is 515. The maximum absolute atomic E-state index is 12.9. The van der Waals surface area contributed by atoms with Crippen molar-refractivity contribution in [1.82, 2.24) is 0 Å². The zero-order valence-electron chi connectivity index (χ0n) is 10.9. The third-order valence-corrected chi connectivity index (χ3v) is 2.26. The first-order valence-corrected chi connectivity index (χ1v) is 5.91. The van der Waals surface area contributed by atoms with E-state index >= 15 is 0 Å². The molecule has 1 rings (SSSR count). The summed E-state index contributed by atoms with van der Waals surface area (Å²) in [6, 6.07) is 3.09. The maximum Gasteiger partial charge on any atom is 0.330 e. The number of nitrogens with zero attached hydrogens (tertiary/aromatic N) is 1.